The fourth-order valence-electron chi connectivity index (χ4n) is 0.287. The van der Waals surface area contributed by atoms with Crippen molar-refractivity contribution in [2.75, 3.05) is 13.1 Å². The second-order valence-corrected chi connectivity index (χ2v) is 1.98. The van der Waals surface area contributed by atoms with Crippen molar-refractivity contribution in [1.82, 2.24) is 5.32 Å². The normalized spacial score (nSPS) is 7.75. The van der Waals surface area contributed by atoms with E-state index in [2.05, 4.69) is 18.5 Å². The predicted octanol–water partition coefficient (Wildman–Crippen LogP) is 1.43. The van der Waals surface area contributed by atoms with Gasteiger partial charge in [-0.05, 0) is 0 Å². The van der Waals surface area contributed by atoms with Gasteiger partial charge in [0.1, 0.15) is 0 Å². The summed E-state index contributed by atoms with van der Waals surface area (Å²) in [7, 11) is 0. The van der Waals surface area contributed by atoms with Gasteiger partial charge in [0.2, 0.25) is 0 Å². The Kier molecular flexibility index (Phi) is 14.1. The van der Waals surface area contributed by atoms with Crippen LogP contribution in [0.15, 0.2) is 25.3 Å². The Balaban J connectivity index is 0. The Labute approximate surface area is 73.8 Å². The van der Waals surface area contributed by atoms with E-state index in [9.17, 15) is 4.79 Å². The van der Waals surface area contributed by atoms with Gasteiger partial charge in [0.25, 0.3) is 0 Å². The van der Waals surface area contributed by atoms with Crippen molar-refractivity contribution in [2.24, 2.45) is 0 Å². The summed E-state index contributed by atoms with van der Waals surface area (Å²) in [5.74, 6) is -0.745. The molecule has 0 spiro atoms. The van der Waals surface area contributed by atoms with E-state index in [4.69, 9.17) is 5.11 Å². The largest absolute Gasteiger partial charge is 0.481 e. The van der Waals surface area contributed by atoms with Crippen LogP contribution in [0.3, 0.4) is 0 Å². The Bertz CT molecular complexity index is 124. The van der Waals surface area contributed by atoms with Gasteiger partial charge in [0.05, 0.1) is 0 Å². The molecule has 0 rings (SSSR count). The highest BCUT2D eigenvalue weighted by molar-refractivity contribution is 5.66. The van der Waals surface area contributed by atoms with E-state index in [-0.39, 0.29) is 6.42 Å². The average molecular weight is 171 g/mol. The monoisotopic (exact) mass is 171 g/mol. The summed E-state index contributed by atoms with van der Waals surface area (Å²) in [6.45, 7) is 10.4. The van der Waals surface area contributed by atoms with Crippen LogP contribution in [0.2, 0.25) is 0 Å². The van der Waals surface area contributed by atoms with Crippen LogP contribution in [0.4, 0.5) is 0 Å². The van der Waals surface area contributed by atoms with Crippen LogP contribution in [-0.4, -0.2) is 24.2 Å². The molecule has 0 aliphatic carbocycles. The van der Waals surface area contributed by atoms with E-state index in [1.54, 1.807) is 6.92 Å². The van der Waals surface area contributed by atoms with Crippen molar-refractivity contribution >= 4 is 5.97 Å². The van der Waals surface area contributed by atoms with Gasteiger partial charge in [0.15, 0.2) is 0 Å². The number of rotatable bonds is 5. The van der Waals surface area contributed by atoms with Gasteiger partial charge in [-0.25, -0.2) is 0 Å². The zero-order chi connectivity index (χ0) is 9.82. The molecular formula is C9H17NO2. The smallest absolute Gasteiger partial charge is 0.303 e. The molecule has 0 unspecified atom stereocenters. The second-order valence-electron chi connectivity index (χ2n) is 1.98. The second kappa shape index (κ2) is 12.6. The fourth-order valence-corrected chi connectivity index (χ4v) is 0.287. The maximum Gasteiger partial charge on any atom is 0.303 e. The topological polar surface area (TPSA) is 49.3 Å². The molecule has 0 fully saturated rings. The van der Waals surface area contributed by atoms with Crippen LogP contribution in [0, 0.1) is 0 Å². The molecule has 0 aliphatic rings. The zero-order valence-electron chi connectivity index (χ0n) is 7.55. The molecule has 0 aromatic heterocycles. The molecule has 0 aromatic rings. The summed E-state index contributed by atoms with van der Waals surface area (Å²) >= 11 is 0. The van der Waals surface area contributed by atoms with Gasteiger partial charge in [0, 0.05) is 19.5 Å². The minimum Gasteiger partial charge on any atom is -0.481 e. The fraction of sp³-hybridized carbons (Fsp3) is 0.444. The molecular weight excluding hydrogens is 154 g/mol. The van der Waals surface area contributed by atoms with Crippen molar-refractivity contribution in [1.29, 1.82) is 0 Å². The lowest BCUT2D eigenvalue weighted by atomic mass is 10.5. The van der Waals surface area contributed by atoms with Crippen LogP contribution < -0.4 is 5.32 Å². The number of hydrogen-bond donors (Lipinski definition) is 2. The first-order valence-corrected chi connectivity index (χ1v) is 3.83. The van der Waals surface area contributed by atoms with Crippen LogP contribution in [-0.2, 0) is 4.79 Å². The molecule has 0 heterocycles. The van der Waals surface area contributed by atoms with Gasteiger partial charge in [-0.3, -0.25) is 4.79 Å². The number of carboxylic acid groups (broad SMARTS) is 1. The van der Waals surface area contributed by atoms with E-state index in [0.717, 1.165) is 13.1 Å². The third-order valence-electron chi connectivity index (χ3n) is 0.880. The van der Waals surface area contributed by atoms with Gasteiger partial charge >= 0.3 is 5.97 Å². The van der Waals surface area contributed by atoms with Crippen molar-refractivity contribution < 1.29 is 9.90 Å². The van der Waals surface area contributed by atoms with E-state index in [1.807, 2.05) is 12.2 Å². The van der Waals surface area contributed by atoms with Gasteiger partial charge < -0.3 is 10.4 Å². The van der Waals surface area contributed by atoms with Crippen molar-refractivity contribution in [3.8, 4) is 0 Å². The Morgan fingerprint density at radius 3 is 1.92 bits per heavy atom. The summed E-state index contributed by atoms with van der Waals surface area (Å²) in [6.07, 6.45) is 3.87. The van der Waals surface area contributed by atoms with Crippen LogP contribution >= 0.6 is 0 Å². The molecule has 0 aromatic carbocycles. The summed E-state index contributed by atoms with van der Waals surface area (Å²) < 4.78 is 0. The molecule has 0 atom stereocenters. The van der Waals surface area contributed by atoms with Crippen LogP contribution in [0.1, 0.15) is 13.3 Å². The minimum absolute atomic E-state index is 0.222. The third kappa shape index (κ3) is 23.1. The molecule has 12 heavy (non-hydrogen) atoms. The molecule has 0 amide bonds. The number of hydrogen-bond acceptors (Lipinski definition) is 2. The Morgan fingerprint density at radius 2 is 1.75 bits per heavy atom. The first kappa shape index (κ1) is 13.5. The van der Waals surface area contributed by atoms with Crippen molar-refractivity contribution in [3.63, 3.8) is 0 Å². The highest BCUT2D eigenvalue weighted by Crippen LogP contribution is 1.67. The lowest BCUT2D eigenvalue weighted by Crippen LogP contribution is -2.11. The standard InChI is InChI=1S/C6H11N.C3H6O2/c1-3-5-7-6-4-2;1-2-3(4)5/h3-4,7H,1-2,5-6H2;2H2,1H3,(H,4,5). The maximum atomic E-state index is 9.37. The molecule has 3 nitrogen and oxygen atoms in total. The number of carbonyl (C=O) groups is 1. The lowest BCUT2D eigenvalue weighted by molar-refractivity contribution is -0.136. The highest BCUT2D eigenvalue weighted by Gasteiger charge is 1.80. The molecule has 2 N–H and O–H groups in total. The zero-order valence-corrected chi connectivity index (χ0v) is 7.55. The number of aliphatic carboxylic acids is 1. The van der Waals surface area contributed by atoms with E-state index >= 15 is 0 Å². The number of carboxylic acids is 1. The Hall–Kier alpha value is -1.09. The van der Waals surface area contributed by atoms with E-state index in [1.165, 1.54) is 0 Å². The van der Waals surface area contributed by atoms with Crippen molar-refractivity contribution in [2.45, 2.75) is 13.3 Å². The quantitative estimate of drug-likeness (QED) is 0.486. The van der Waals surface area contributed by atoms with Gasteiger partial charge in [-0.2, -0.15) is 0 Å². The van der Waals surface area contributed by atoms with Crippen LogP contribution in [0.5, 0.6) is 0 Å². The van der Waals surface area contributed by atoms with Gasteiger partial charge in [-0.1, -0.05) is 19.1 Å². The number of nitrogens with one attached hydrogen (secondary N) is 1. The maximum absolute atomic E-state index is 9.37. The first-order chi connectivity index (χ1) is 5.68. The van der Waals surface area contributed by atoms with E-state index < -0.39 is 5.97 Å². The van der Waals surface area contributed by atoms with Crippen molar-refractivity contribution in [3.05, 3.63) is 25.3 Å². The molecule has 0 bridgehead atoms. The SMILES string of the molecule is C=CCNCC=C.CCC(=O)O. The third-order valence-corrected chi connectivity index (χ3v) is 0.880. The molecule has 0 radical (unpaired) electrons. The lowest BCUT2D eigenvalue weighted by Gasteiger charge is -1.90. The summed E-state index contributed by atoms with van der Waals surface area (Å²) in [6, 6.07) is 0. The molecule has 0 aliphatic heterocycles. The summed E-state index contributed by atoms with van der Waals surface area (Å²) in [4.78, 5) is 9.37. The molecule has 70 valence electrons. The first-order valence-electron chi connectivity index (χ1n) is 3.83. The molecule has 3 heteroatoms. The summed E-state index contributed by atoms with van der Waals surface area (Å²) in [5, 5.41) is 10.8. The predicted molar refractivity (Wildman–Crippen MR) is 51.2 cm³/mol. The average Bonchev–Trinajstić information content (AvgIpc) is 2.07. The van der Waals surface area contributed by atoms with Crippen LogP contribution in [0.25, 0.3) is 0 Å². The summed E-state index contributed by atoms with van der Waals surface area (Å²) in [5.41, 5.74) is 0. The molecule has 0 saturated heterocycles. The Morgan fingerprint density at radius 1 is 1.42 bits per heavy atom. The minimum atomic E-state index is -0.745. The highest BCUT2D eigenvalue weighted by atomic mass is 16.4. The van der Waals surface area contributed by atoms with E-state index in [0.29, 0.717) is 0 Å². The van der Waals surface area contributed by atoms with Gasteiger partial charge in [-0.15, -0.1) is 13.2 Å². The molecule has 0 saturated carbocycles.